The van der Waals surface area contributed by atoms with Crippen LogP contribution in [0.3, 0.4) is 0 Å². The molecule has 0 radical (unpaired) electrons. The molecule has 1 aliphatic heterocycles. The first kappa shape index (κ1) is 17.4. The van der Waals surface area contributed by atoms with Crippen molar-refractivity contribution in [3.05, 3.63) is 30.3 Å². The molecule has 0 N–H and O–H groups in total. The molecule has 1 amide bonds. The topological polar surface area (TPSA) is 53.1 Å². The molecule has 1 fully saturated rings. The zero-order valence-electron chi connectivity index (χ0n) is 13.6. The number of hydrogen-bond donors (Lipinski definition) is 0. The van der Waals surface area contributed by atoms with Crippen LogP contribution >= 0.6 is 12.2 Å². The SMILES string of the molecule is COC(=O)C[C@@H]1C(=O)N(c2ccccc2)C(=S)N1CCN(C)C. The van der Waals surface area contributed by atoms with Gasteiger partial charge in [0.15, 0.2) is 5.11 Å². The maximum Gasteiger partial charge on any atom is 0.308 e. The van der Waals surface area contributed by atoms with Crippen LogP contribution in [0.5, 0.6) is 0 Å². The second-order valence-electron chi connectivity index (χ2n) is 5.58. The maximum atomic E-state index is 12.8. The average molecular weight is 335 g/mol. The second kappa shape index (κ2) is 7.52. The van der Waals surface area contributed by atoms with Crippen LogP contribution in [-0.4, -0.2) is 67.1 Å². The molecule has 1 saturated heterocycles. The Labute approximate surface area is 141 Å². The quantitative estimate of drug-likeness (QED) is 0.573. The average Bonchev–Trinajstić information content (AvgIpc) is 2.76. The molecule has 124 valence electrons. The highest BCUT2D eigenvalue weighted by atomic mass is 32.1. The van der Waals surface area contributed by atoms with Crippen LogP contribution in [0, 0.1) is 0 Å². The number of amides is 1. The normalized spacial score (nSPS) is 18.0. The number of carbonyl (C=O) groups is 2. The standard InChI is InChI=1S/C16H21N3O3S/c1-17(2)9-10-18-13(11-14(20)22-3)15(21)19(16(18)23)12-7-5-4-6-8-12/h4-8,13H,9-11H2,1-3H3/t13-/m1/s1. The predicted octanol–water partition coefficient (Wildman–Crippen LogP) is 1.11. The summed E-state index contributed by atoms with van der Waals surface area (Å²) in [5.41, 5.74) is 0.713. The molecule has 1 aliphatic rings. The molecule has 2 rings (SSSR count). The number of esters is 1. The number of benzene rings is 1. The van der Waals surface area contributed by atoms with Gasteiger partial charge in [0.2, 0.25) is 0 Å². The van der Waals surface area contributed by atoms with Crippen molar-refractivity contribution in [2.24, 2.45) is 0 Å². The van der Waals surface area contributed by atoms with E-state index in [9.17, 15) is 9.59 Å². The van der Waals surface area contributed by atoms with Crippen molar-refractivity contribution < 1.29 is 14.3 Å². The summed E-state index contributed by atoms with van der Waals surface area (Å²) in [4.78, 5) is 29.8. The first-order valence-electron chi connectivity index (χ1n) is 7.37. The van der Waals surface area contributed by atoms with Crippen molar-refractivity contribution in [2.45, 2.75) is 12.5 Å². The van der Waals surface area contributed by atoms with E-state index < -0.39 is 12.0 Å². The number of thiocarbonyl (C=S) groups is 1. The molecule has 0 aliphatic carbocycles. The van der Waals surface area contributed by atoms with Gasteiger partial charge in [-0.25, -0.2) is 0 Å². The first-order valence-corrected chi connectivity index (χ1v) is 7.77. The van der Waals surface area contributed by atoms with E-state index in [1.807, 2.05) is 54.2 Å². The molecule has 0 bridgehead atoms. The van der Waals surface area contributed by atoms with Gasteiger partial charge in [-0.2, -0.15) is 0 Å². The number of likely N-dealkylation sites (N-methyl/N-ethyl adjacent to an activating group) is 1. The number of ether oxygens (including phenoxy) is 1. The van der Waals surface area contributed by atoms with Crippen LogP contribution in [0.4, 0.5) is 5.69 Å². The summed E-state index contributed by atoms with van der Waals surface area (Å²) < 4.78 is 4.72. The van der Waals surface area contributed by atoms with Gasteiger partial charge in [-0.05, 0) is 38.4 Å². The fraction of sp³-hybridized carbons (Fsp3) is 0.438. The maximum absolute atomic E-state index is 12.8. The molecule has 0 saturated carbocycles. The highest BCUT2D eigenvalue weighted by molar-refractivity contribution is 7.80. The van der Waals surface area contributed by atoms with Gasteiger partial charge in [-0.15, -0.1) is 0 Å². The van der Waals surface area contributed by atoms with Gasteiger partial charge in [-0.3, -0.25) is 14.5 Å². The van der Waals surface area contributed by atoms with E-state index in [4.69, 9.17) is 17.0 Å². The van der Waals surface area contributed by atoms with E-state index in [0.29, 0.717) is 17.3 Å². The second-order valence-corrected chi connectivity index (χ2v) is 5.95. The van der Waals surface area contributed by atoms with E-state index in [1.54, 1.807) is 0 Å². The predicted molar refractivity (Wildman–Crippen MR) is 92.2 cm³/mol. The van der Waals surface area contributed by atoms with E-state index >= 15 is 0 Å². The number of carbonyl (C=O) groups excluding carboxylic acids is 2. The lowest BCUT2D eigenvalue weighted by atomic mass is 10.2. The van der Waals surface area contributed by atoms with Crippen LogP contribution in [-0.2, 0) is 14.3 Å². The van der Waals surface area contributed by atoms with Crippen molar-refractivity contribution in [3.63, 3.8) is 0 Å². The molecule has 1 atom stereocenters. The van der Waals surface area contributed by atoms with E-state index in [-0.39, 0.29) is 12.3 Å². The lowest BCUT2D eigenvalue weighted by molar-refractivity contribution is -0.143. The molecular weight excluding hydrogens is 314 g/mol. The molecule has 0 spiro atoms. The zero-order valence-corrected chi connectivity index (χ0v) is 14.4. The van der Waals surface area contributed by atoms with E-state index in [1.165, 1.54) is 12.0 Å². The summed E-state index contributed by atoms with van der Waals surface area (Å²) in [6, 6.07) is 8.62. The van der Waals surface area contributed by atoms with Gasteiger partial charge in [0.05, 0.1) is 19.2 Å². The minimum Gasteiger partial charge on any atom is -0.469 e. The minimum absolute atomic E-state index is 0.00770. The van der Waals surface area contributed by atoms with Gasteiger partial charge >= 0.3 is 5.97 Å². The zero-order chi connectivity index (χ0) is 17.0. The Morgan fingerprint density at radius 2 is 1.96 bits per heavy atom. The molecule has 1 aromatic rings. The highest BCUT2D eigenvalue weighted by Gasteiger charge is 2.44. The monoisotopic (exact) mass is 335 g/mol. The smallest absolute Gasteiger partial charge is 0.308 e. The lowest BCUT2D eigenvalue weighted by Gasteiger charge is -2.25. The summed E-state index contributed by atoms with van der Waals surface area (Å²) in [7, 11) is 5.22. The Hall–Kier alpha value is -1.99. The van der Waals surface area contributed by atoms with Gasteiger partial charge < -0.3 is 14.5 Å². The number of nitrogens with zero attached hydrogens (tertiary/aromatic N) is 3. The van der Waals surface area contributed by atoms with Crippen molar-refractivity contribution >= 4 is 34.9 Å². The van der Waals surface area contributed by atoms with Crippen LogP contribution in [0.25, 0.3) is 0 Å². The van der Waals surface area contributed by atoms with Gasteiger partial charge in [0.25, 0.3) is 5.91 Å². The van der Waals surface area contributed by atoms with Crippen molar-refractivity contribution in [2.75, 3.05) is 39.2 Å². The number of rotatable bonds is 6. The number of anilines is 1. The third-order valence-corrected chi connectivity index (χ3v) is 4.13. The summed E-state index contributed by atoms with van der Waals surface area (Å²) in [5, 5.41) is 0.428. The highest BCUT2D eigenvalue weighted by Crippen LogP contribution is 2.26. The lowest BCUT2D eigenvalue weighted by Crippen LogP contribution is -2.40. The summed E-state index contributed by atoms with van der Waals surface area (Å²) >= 11 is 5.50. The fourth-order valence-corrected chi connectivity index (χ4v) is 2.86. The third-order valence-electron chi connectivity index (χ3n) is 3.71. The Morgan fingerprint density at radius 3 is 2.52 bits per heavy atom. The fourth-order valence-electron chi connectivity index (χ4n) is 2.45. The molecule has 7 heteroatoms. The van der Waals surface area contributed by atoms with Crippen molar-refractivity contribution in [1.82, 2.24) is 9.80 Å². The van der Waals surface area contributed by atoms with Crippen LogP contribution < -0.4 is 4.90 Å². The molecule has 1 heterocycles. The van der Waals surface area contributed by atoms with E-state index in [2.05, 4.69) is 0 Å². The Morgan fingerprint density at radius 1 is 1.30 bits per heavy atom. The molecule has 0 aromatic heterocycles. The molecular formula is C16H21N3O3S. The summed E-state index contributed by atoms with van der Waals surface area (Å²) in [6.45, 7) is 1.30. The van der Waals surface area contributed by atoms with Crippen LogP contribution in [0.2, 0.25) is 0 Å². The van der Waals surface area contributed by atoms with Gasteiger partial charge in [0, 0.05) is 13.1 Å². The molecule has 6 nitrogen and oxygen atoms in total. The summed E-state index contributed by atoms with van der Waals surface area (Å²) in [5.74, 6) is -0.610. The van der Waals surface area contributed by atoms with Crippen molar-refractivity contribution in [1.29, 1.82) is 0 Å². The summed E-state index contributed by atoms with van der Waals surface area (Å²) in [6.07, 6.45) is -0.00770. The van der Waals surface area contributed by atoms with Crippen LogP contribution in [0.1, 0.15) is 6.42 Å². The van der Waals surface area contributed by atoms with Crippen LogP contribution in [0.15, 0.2) is 30.3 Å². The first-order chi connectivity index (χ1) is 11.0. The number of methoxy groups -OCH3 is 1. The molecule has 0 unspecified atom stereocenters. The third kappa shape index (κ3) is 3.86. The minimum atomic E-state index is -0.616. The van der Waals surface area contributed by atoms with E-state index in [0.717, 1.165) is 6.54 Å². The van der Waals surface area contributed by atoms with Gasteiger partial charge in [-0.1, -0.05) is 18.2 Å². The Bertz CT molecular complexity index is 591. The Balaban J connectivity index is 2.28. The molecule has 1 aromatic carbocycles. The number of hydrogen-bond acceptors (Lipinski definition) is 5. The number of para-hydroxylation sites is 1. The largest absolute Gasteiger partial charge is 0.469 e. The van der Waals surface area contributed by atoms with Crippen molar-refractivity contribution in [3.8, 4) is 0 Å². The Kier molecular flexibility index (Phi) is 5.68. The van der Waals surface area contributed by atoms with Gasteiger partial charge in [0.1, 0.15) is 6.04 Å². The molecule has 23 heavy (non-hydrogen) atoms.